The molecule has 1 aromatic carbocycles. The average molecular weight is 356 g/mol. The third-order valence-corrected chi connectivity index (χ3v) is 3.67. The fourth-order valence-electron chi connectivity index (χ4n) is 2.22. The fraction of sp³-hybridized carbons (Fsp3) is 0.500. The number of alkyl carbamates (subject to hydrolysis) is 1. The van der Waals surface area contributed by atoms with E-state index in [2.05, 4.69) is 10.3 Å². The number of carbonyl (C=O) groups is 1. The molecule has 5 N–H and O–H groups in total. The summed E-state index contributed by atoms with van der Waals surface area (Å²) < 4.78 is 39.4. The zero-order chi connectivity index (χ0) is 19.0. The Labute approximate surface area is 144 Å². The van der Waals surface area contributed by atoms with Crippen LogP contribution in [0, 0.1) is 0 Å². The summed E-state index contributed by atoms with van der Waals surface area (Å²) in [5.74, 6) is -3.32. The van der Waals surface area contributed by atoms with Gasteiger partial charge in [0.25, 0.3) is 6.02 Å². The number of halogens is 2. The molecule has 0 unspecified atom stereocenters. The molecule has 1 aliphatic rings. The summed E-state index contributed by atoms with van der Waals surface area (Å²) in [5.41, 5.74) is 9.05. The van der Waals surface area contributed by atoms with Crippen LogP contribution >= 0.6 is 0 Å². The smallest absolute Gasteiger partial charge is 0.415 e. The maximum atomic E-state index is 14.5. The molecule has 1 aliphatic heterocycles. The van der Waals surface area contributed by atoms with Crippen molar-refractivity contribution in [3.05, 3.63) is 23.8 Å². The van der Waals surface area contributed by atoms with Gasteiger partial charge in [-0.05, 0) is 39.8 Å². The minimum atomic E-state index is -3.32. The van der Waals surface area contributed by atoms with E-state index in [9.17, 15) is 13.6 Å². The summed E-state index contributed by atoms with van der Waals surface area (Å²) in [7, 11) is 0. The molecular formula is C16H22F2N4O3. The lowest BCUT2D eigenvalue weighted by Crippen LogP contribution is -2.55. The van der Waals surface area contributed by atoms with Crippen LogP contribution in [0.25, 0.3) is 0 Å². The summed E-state index contributed by atoms with van der Waals surface area (Å²) in [6.07, 6.45) is -0.851. The highest BCUT2D eigenvalue weighted by molar-refractivity contribution is 5.91. The second-order valence-corrected chi connectivity index (χ2v) is 6.93. The Morgan fingerprint density at radius 1 is 1.32 bits per heavy atom. The van der Waals surface area contributed by atoms with Crippen LogP contribution < -0.4 is 16.8 Å². The van der Waals surface area contributed by atoms with Gasteiger partial charge in [0.05, 0.1) is 11.4 Å². The van der Waals surface area contributed by atoms with Gasteiger partial charge in [-0.15, -0.1) is 0 Å². The van der Waals surface area contributed by atoms with Crippen molar-refractivity contribution in [1.82, 2.24) is 5.32 Å². The predicted octanol–water partition coefficient (Wildman–Crippen LogP) is 2.61. The van der Waals surface area contributed by atoms with E-state index in [1.807, 2.05) is 0 Å². The van der Waals surface area contributed by atoms with E-state index in [1.54, 1.807) is 20.8 Å². The maximum absolute atomic E-state index is 14.5. The molecule has 0 saturated heterocycles. The Kier molecular flexibility index (Phi) is 4.54. The van der Waals surface area contributed by atoms with Crippen LogP contribution in [-0.2, 0) is 15.1 Å². The molecule has 0 fully saturated rings. The first-order valence-corrected chi connectivity index (χ1v) is 7.61. The largest absolute Gasteiger partial charge is 0.447 e. The minimum Gasteiger partial charge on any atom is -0.447 e. The van der Waals surface area contributed by atoms with Gasteiger partial charge in [0.15, 0.2) is 5.60 Å². The number of hydrogen-bond donors (Lipinski definition) is 3. The minimum absolute atomic E-state index is 0.114. The lowest BCUT2D eigenvalue weighted by molar-refractivity contribution is -0.173. The molecule has 0 aromatic heterocycles. The average Bonchev–Trinajstić information content (AvgIpc) is 2.44. The van der Waals surface area contributed by atoms with Gasteiger partial charge in [-0.3, -0.25) is 0 Å². The van der Waals surface area contributed by atoms with Gasteiger partial charge in [0, 0.05) is 5.56 Å². The van der Waals surface area contributed by atoms with Crippen molar-refractivity contribution < 1.29 is 23.0 Å². The van der Waals surface area contributed by atoms with Crippen LogP contribution in [0.5, 0.6) is 0 Å². The standard InChI is InChI=1S/C16H22F2N4O3/c1-14(2,3)25-13(23)22-12-21-8-16(17,18)15(4,24-12)9-5-6-10(19)11(20)7-9/h5-7H,8,19-20H2,1-4H3,(H,21,22,23)/t15-/m1/s1. The number of amides is 1. The van der Waals surface area contributed by atoms with Crippen molar-refractivity contribution >= 4 is 23.5 Å². The van der Waals surface area contributed by atoms with Gasteiger partial charge in [-0.2, -0.15) is 8.78 Å². The highest BCUT2D eigenvalue weighted by atomic mass is 19.3. The molecule has 0 aliphatic carbocycles. The number of hydrogen-bond acceptors (Lipinski definition) is 6. The quantitative estimate of drug-likeness (QED) is 0.670. The molecule has 7 nitrogen and oxygen atoms in total. The zero-order valence-electron chi connectivity index (χ0n) is 14.5. The number of alkyl halides is 2. The van der Waals surface area contributed by atoms with E-state index in [1.165, 1.54) is 25.1 Å². The number of nitrogens with one attached hydrogen (secondary N) is 1. The van der Waals surface area contributed by atoms with Gasteiger partial charge in [-0.1, -0.05) is 6.07 Å². The number of nitrogens with two attached hydrogens (primary N) is 2. The highest BCUT2D eigenvalue weighted by Crippen LogP contribution is 2.44. The Morgan fingerprint density at radius 2 is 1.96 bits per heavy atom. The van der Waals surface area contributed by atoms with Crippen LogP contribution in [0.3, 0.4) is 0 Å². The molecule has 2 rings (SSSR count). The van der Waals surface area contributed by atoms with E-state index in [4.69, 9.17) is 20.9 Å². The van der Waals surface area contributed by atoms with Crippen LogP contribution in [0.2, 0.25) is 0 Å². The molecule has 9 heteroatoms. The maximum Gasteiger partial charge on any atom is 0.415 e. The van der Waals surface area contributed by atoms with Crippen LogP contribution in [0.1, 0.15) is 33.3 Å². The van der Waals surface area contributed by atoms with Gasteiger partial charge >= 0.3 is 12.0 Å². The Balaban J connectivity index is 2.28. The van der Waals surface area contributed by atoms with Crippen LogP contribution in [-0.4, -0.2) is 30.2 Å². The molecule has 1 aromatic rings. The van der Waals surface area contributed by atoms with Crippen molar-refractivity contribution in [2.75, 3.05) is 18.0 Å². The molecule has 138 valence electrons. The summed E-state index contributed by atoms with van der Waals surface area (Å²) in [4.78, 5) is 15.4. The highest BCUT2D eigenvalue weighted by Gasteiger charge is 2.57. The Morgan fingerprint density at radius 3 is 2.52 bits per heavy atom. The molecule has 0 spiro atoms. The molecule has 1 heterocycles. The summed E-state index contributed by atoms with van der Waals surface area (Å²) in [5, 5.41) is 2.24. The number of aliphatic imine (C=N–C) groups is 1. The first kappa shape index (κ1) is 18.8. The topological polar surface area (TPSA) is 112 Å². The van der Waals surface area contributed by atoms with Crippen molar-refractivity contribution in [1.29, 1.82) is 0 Å². The van der Waals surface area contributed by atoms with Crippen molar-refractivity contribution in [2.45, 2.75) is 44.8 Å². The second-order valence-electron chi connectivity index (χ2n) is 6.93. The number of anilines is 2. The number of ether oxygens (including phenoxy) is 2. The zero-order valence-corrected chi connectivity index (χ0v) is 14.5. The molecule has 1 atom stereocenters. The lowest BCUT2D eigenvalue weighted by atomic mass is 9.87. The van der Waals surface area contributed by atoms with Crippen molar-refractivity contribution in [3.8, 4) is 0 Å². The first-order valence-electron chi connectivity index (χ1n) is 7.61. The normalized spacial score (nSPS) is 22.6. The fourth-order valence-corrected chi connectivity index (χ4v) is 2.22. The summed E-state index contributed by atoms with van der Waals surface area (Å²) >= 11 is 0. The predicted molar refractivity (Wildman–Crippen MR) is 90.3 cm³/mol. The van der Waals surface area contributed by atoms with Crippen molar-refractivity contribution in [3.63, 3.8) is 0 Å². The van der Waals surface area contributed by atoms with Gasteiger partial charge in [0.2, 0.25) is 0 Å². The van der Waals surface area contributed by atoms with Gasteiger partial charge < -0.3 is 20.9 Å². The number of benzene rings is 1. The van der Waals surface area contributed by atoms with Crippen molar-refractivity contribution in [2.24, 2.45) is 4.99 Å². The second kappa shape index (κ2) is 6.05. The Bertz CT molecular complexity index is 716. The van der Waals surface area contributed by atoms with Gasteiger partial charge in [0.1, 0.15) is 12.1 Å². The number of nitrogen functional groups attached to an aromatic ring is 2. The van der Waals surface area contributed by atoms with E-state index in [0.29, 0.717) is 0 Å². The Hall–Kier alpha value is -2.58. The number of rotatable bonds is 1. The molecule has 25 heavy (non-hydrogen) atoms. The first-order chi connectivity index (χ1) is 11.3. The SMILES string of the molecule is CC(C)(C)OC(=O)NC1=NCC(F)(F)[C@@](C)(c2ccc(N)c(N)c2)O1. The number of carbonyl (C=O) groups excluding carboxylic acids is 1. The lowest BCUT2D eigenvalue weighted by Gasteiger charge is -2.40. The molecule has 0 saturated carbocycles. The van der Waals surface area contributed by atoms with E-state index in [0.717, 1.165) is 0 Å². The van der Waals surface area contributed by atoms with Crippen LogP contribution in [0.15, 0.2) is 23.2 Å². The summed E-state index contributed by atoms with van der Waals surface area (Å²) in [6.45, 7) is 5.35. The van der Waals surface area contributed by atoms with Crippen LogP contribution in [0.4, 0.5) is 25.0 Å². The van der Waals surface area contributed by atoms with E-state index >= 15 is 0 Å². The third kappa shape index (κ3) is 3.92. The number of amidine groups is 1. The third-order valence-electron chi connectivity index (χ3n) is 3.67. The molecule has 0 bridgehead atoms. The van der Waals surface area contributed by atoms with E-state index in [-0.39, 0.29) is 23.0 Å². The van der Waals surface area contributed by atoms with Gasteiger partial charge in [-0.25, -0.2) is 15.1 Å². The monoisotopic (exact) mass is 356 g/mol. The summed E-state index contributed by atoms with van der Waals surface area (Å²) in [6, 6.07) is 3.79. The van der Waals surface area contributed by atoms with E-state index < -0.39 is 29.8 Å². The molecule has 1 amide bonds. The molecule has 0 radical (unpaired) electrons. The molecular weight excluding hydrogens is 334 g/mol. The number of nitrogens with zero attached hydrogens (tertiary/aromatic N) is 1.